The number of nitrogens with zero attached hydrogens (tertiary/aromatic N) is 2. The third kappa shape index (κ3) is 5.51. The molecule has 1 aliphatic heterocycles. The summed E-state index contributed by atoms with van der Waals surface area (Å²) in [6.07, 6.45) is 0.958. The summed E-state index contributed by atoms with van der Waals surface area (Å²) in [5.74, 6) is 1.10. The predicted octanol–water partition coefficient (Wildman–Crippen LogP) is 2.76. The van der Waals surface area contributed by atoms with E-state index in [2.05, 4.69) is 50.6 Å². The van der Waals surface area contributed by atoms with Crippen molar-refractivity contribution in [3.05, 3.63) is 34.3 Å². The van der Waals surface area contributed by atoms with E-state index in [9.17, 15) is 4.79 Å². The topological polar surface area (TPSA) is 56.7 Å². The minimum atomic E-state index is 0.0576. The molecule has 0 aromatic heterocycles. The summed E-state index contributed by atoms with van der Waals surface area (Å²) in [4.78, 5) is 18.7. The van der Waals surface area contributed by atoms with Crippen LogP contribution in [0.2, 0.25) is 0 Å². The van der Waals surface area contributed by atoms with Crippen molar-refractivity contribution < 1.29 is 4.79 Å². The molecule has 0 radical (unpaired) electrons. The van der Waals surface area contributed by atoms with Crippen molar-refractivity contribution in [2.45, 2.75) is 39.8 Å². The van der Waals surface area contributed by atoms with Gasteiger partial charge >= 0.3 is 0 Å². The average Bonchev–Trinajstić information content (AvgIpc) is 3.00. The molecule has 2 N–H and O–H groups in total. The molecule has 2 rings (SSSR count). The van der Waals surface area contributed by atoms with Crippen molar-refractivity contribution >= 4 is 27.8 Å². The van der Waals surface area contributed by atoms with E-state index in [1.54, 1.807) is 0 Å². The number of likely N-dealkylation sites (tertiary alicyclic amines) is 1. The summed E-state index contributed by atoms with van der Waals surface area (Å²) < 4.78 is 1.06. The quantitative estimate of drug-likeness (QED) is 0.596. The fraction of sp³-hybridized carbons (Fsp3) is 0.556. The Kier molecular flexibility index (Phi) is 7.09. The van der Waals surface area contributed by atoms with Crippen LogP contribution in [-0.4, -0.2) is 42.4 Å². The molecule has 1 unspecified atom stereocenters. The molecule has 1 aromatic carbocycles. The largest absolute Gasteiger partial charge is 0.357 e. The van der Waals surface area contributed by atoms with Gasteiger partial charge in [0.05, 0.1) is 6.54 Å². The number of rotatable bonds is 5. The number of guanidine groups is 1. The minimum Gasteiger partial charge on any atom is -0.357 e. The van der Waals surface area contributed by atoms with Gasteiger partial charge in [-0.15, -0.1) is 0 Å². The Hall–Kier alpha value is -1.56. The van der Waals surface area contributed by atoms with Gasteiger partial charge in [0.15, 0.2) is 5.96 Å². The van der Waals surface area contributed by atoms with E-state index in [0.29, 0.717) is 6.54 Å². The van der Waals surface area contributed by atoms with Crippen LogP contribution in [0.3, 0.4) is 0 Å². The summed E-state index contributed by atoms with van der Waals surface area (Å²) >= 11 is 3.49. The zero-order valence-corrected chi connectivity index (χ0v) is 16.3. The highest BCUT2D eigenvalue weighted by molar-refractivity contribution is 9.10. The second kappa shape index (κ2) is 9.06. The van der Waals surface area contributed by atoms with Crippen LogP contribution < -0.4 is 10.6 Å². The first kappa shape index (κ1) is 18.8. The van der Waals surface area contributed by atoms with Gasteiger partial charge in [-0.25, -0.2) is 4.99 Å². The number of hydrogen-bond donors (Lipinski definition) is 2. The Labute approximate surface area is 153 Å². The Morgan fingerprint density at radius 1 is 1.46 bits per heavy atom. The zero-order chi connectivity index (χ0) is 17.5. The molecule has 6 heteroatoms. The lowest BCUT2D eigenvalue weighted by Crippen LogP contribution is -2.45. The SMILES string of the molecule is CCNC(=NCc1cccc(Br)c1)NC1CCN(C(=O)C(C)C)C1. The third-order valence-corrected chi connectivity index (χ3v) is 4.48. The van der Waals surface area contributed by atoms with Crippen LogP contribution in [0.4, 0.5) is 0 Å². The number of carbonyl (C=O) groups excluding carboxylic acids is 1. The molecule has 1 saturated heterocycles. The summed E-state index contributed by atoms with van der Waals surface area (Å²) in [6, 6.07) is 8.42. The summed E-state index contributed by atoms with van der Waals surface area (Å²) in [6.45, 7) is 8.96. The van der Waals surface area contributed by atoms with E-state index >= 15 is 0 Å². The van der Waals surface area contributed by atoms with Crippen molar-refractivity contribution in [3.8, 4) is 0 Å². The normalized spacial score (nSPS) is 18.1. The number of halogens is 1. The lowest BCUT2D eigenvalue weighted by Gasteiger charge is -2.20. The zero-order valence-electron chi connectivity index (χ0n) is 14.7. The van der Waals surface area contributed by atoms with E-state index in [1.165, 1.54) is 0 Å². The highest BCUT2D eigenvalue weighted by atomic mass is 79.9. The number of amides is 1. The van der Waals surface area contributed by atoms with E-state index in [0.717, 1.165) is 42.1 Å². The molecule has 1 atom stereocenters. The first-order valence-electron chi connectivity index (χ1n) is 8.57. The van der Waals surface area contributed by atoms with Crippen molar-refractivity contribution in [1.82, 2.24) is 15.5 Å². The van der Waals surface area contributed by atoms with Gasteiger partial charge in [-0.2, -0.15) is 0 Å². The molecule has 24 heavy (non-hydrogen) atoms. The second-order valence-electron chi connectivity index (χ2n) is 6.39. The molecule has 132 valence electrons. The Morgan fingerprint density at radius 3 is 2.92 bits per heavy atom. The van der Waals surface area contributed by atoms with Gasteiger partial charge in [-0.3, -0.25) is 4.79 Å². The van der Waals surface area contributed by atoms with Gasteiger partial charge in [0, 0.05) is 36.1 Å². The molecule has 0 spiro atoms. The van der Waals surface area contributed by atoms with Gasteiger partial charge in [-0.05, 0) is 31.0 Å². The van der Waals surface area contributed by atoms with E-state index < -0.39 is 0 Å². The molecular formula is C18H27BrN4O. The standard InChI is InChI=1S/C18H27BrN4O/c1-4-20-18(21-11-14-6-5-7-15(19)10-14)22-16-8-9-23(12-16)17(24)13(2)3/h5-7,10,13,16H,4,8-9,11-12H2,1-3H3,(H2,20,21,22). The lowest BCUT2D eigenvalue weighted by molar-refractivity contribution is -0.133. The van der Waals surface area contributed by atoms with Crippen LogP contribution in [0.25, 0.3) is 0 Å². The Morgan fingerprint density at radius 2 is 2.25 bits per heavy atom. The van der Waals surface area contributed by atoms with Gasteiger partial charge in [-0.1, -0.05) is 41.9 Å². The third-order valence-electron chi connectivity index (χ3n) is 3.99. The summed E-state index contributed by atoms with van der Waals surface area (Å²) in [5.41, 5.74) is 1.16. The molecule has 1 aliphatic rings. The van der Waals surface area contributed by atoms with Crippen LogP contribution in [0, 0.1) is 5.92 Å². The number of benzene rings is 1. The molecule has 0 saturated carbocycles. The van der Waals surface area contributed by atoms with Crippen LogP contribution in [0.1, 0.15) is 32.8 Å². The average molecular weight is 395 g/mol. The van der Waals surface area contributed by atoms with Gasteiger partial charge in [0.1, 0.15) is 0 Å². The van der Waals surface area contributed by atoms with Crippen molar-refractivity contribution in [3.63, 3.8) is 0 Å². The van der Waals surface area contributed by atoms with Gasteiger partial charge in [0.2, 0.25) is 5.91 Å². The second-order valence-corrected chi connectivity index (χ2v) is 7.31. The molecule has 1 amide bonds. The molecule has 1 heterocycles. The minimum absolute atomic E-state index is 0.0576. The summed E-state index contributed by atoms with van der Waals surface area (Å²) in [7, 11) is 0. The number of carbonyl (C=O) groups is 1. The predicted molar refractivity (Wildman–Crippen MR) is 102 cm³/mol. The summed E-state index contributed by atoms with van der Waals surface area (Å²) in [5, 5.41) is 6.74. The van der Waals surface area contributed by atoms with E-state index in [4.69, 9.17) is 0 Å². The monoisotopic (exact) mass is 394 g/mol. The molecule has 0 aliphatic carbocycles. The molecular weight excluding hydrogens is 368 g/mol. The van der Waals surface area contributed by atoms with E-state index in [-0.39, 0.29) is 17.9 Å². The van der Waals surface area contributed by atoms with Crippen molar-refractivity contribution in [2.75, 3.05) is 19.6 Å². The van der Waals surface area contributed by atoms with Crippen LogP contribution >= 0.6 is 15.9 Å². The number of nitrogens with one attached hydrogen (secondary N) is 2. The molecule has 1 fully saturated rings. The van der Waals surface area contributed by atoms with Crippen LogP contribution in [0.5, 0.6) is 0 Å². The number of hydrogen-bond acceptors (Lipinski definition) is 2. The highest BCUT2D eigenvalue weighted by Gasteiger charge is 2.27. The Balaban J connectivity index is 1.94. The van der Waals surface area contributed by atoms with Gasteiger partial charge < -0.3 is 15.5 Å². The highest BCUT2D eigenvalue weighted by Crippen LogP contribution is 2.14. The number of aliphatic imine (C=N–C) groups is 1. The first-order chi connectivity index (χ1) is 11.5. The van der Waals surface area contributed by atoms with Crippen molar-refractivity contribution in [1.29, 1.82) is 0 Å². The fourth-order valence-corrected chi connectivity index (χ4v) is 3.21. The molecule has 5 nitrogen and oxygen atoms in total. The maximum Gasteiger partial charge on any atom is 0.225 e. The van der Waals surface area contributed by atoms with Crippen LogP contribution in [0.15, 0.2) is 33.7 Å². The van der Waals surface area contributed by atoms with Crippen molar-refractivity contribution in [2.24, 2.45) is 10.9 Å². The van der Waals surface area contributed by atoms with Crippen LogP contribution in [-0.2, 0) is 11.3 Å². The first-order valence-corrected chi connectivity index (χ1v) is 9.37. The maximum absolute atomic E-state index is 12.1. The smallest absolute Gasteiger partial charge is 0.225 e. The molecule has 1 aromatic rings. The van der Waals surface area contributed by atoms with Gasteiger partial charge in [0.25, 0.3) is 0 Å². The maximum atomic E-state index is 12.1. The Bertz CT molecular complexity index is 588. The fourth-order valence-electron chi connectivity index (χ4n) is 2.76. The lowest BCUT2D eigenvalue weighted by atomic mass is 10.2. The molecule has 0 bridgehead atoms. The van der Waals surface area contributed by atoms with E-state index in [1.807, 2.05) is 30.9 Å².